The summed E-state index contributed by atoms with van der Waals surface area (Å²) < 4.78 is 0. The zero-order valence-electron chi connectivity index (χ0n) is 12.5. The van der Waals surface area contributed by atoms with Crippen molar-refractivity contribution in [3.63, 3.8) is 0 Å². The van der Waals surface area contributed by atoms with E-state index < -0.39 is 0 Å². The largest absolute Gasteiger partial charge is 0.345 e. The van der Waals surface area contributed by atoms with Crippen LogP contribution in [-0.4, -0.2) is 56.0 Å². The van der Waals surface area contributed by atoms with Gasteiger partial charge in [0.15, 0.2) is 0 Å². The van der Waals surface area contributed by atoms with Gasteiger partial charge in [0.2, 0.25) is 5.91 Å². The van der Waals surface area contributed by atoms with Crippen molar-refractivity contribution in [3.05, 3.63) is 0 Å². The van der Waals surface area contributed by atoms with Crippen LogP contribution < -0.4 is 5.73 Å². The lowest BCUT2D eigenvalue weighted by Gasteiger charge is -2.43. The molecule has 110 valence electrons. The minimum absolute atomic E-state index is 0.230. The van der Waals surface area contributed by atoms with E-state index in [1.165, 1.54) is 38.6 Å². The van der Waals surface area contributed by atoms with E-state index in [1.807, 2.05) is 11.9 Å². The van der Waals surface area contributed by atoms with Gasteiger partial charge in [0.25, 0.3) is 0 Å². The highest BCUT2D eigenvalue weighted by Gasteiger charge is 2.37. The number of hydrogen-bond donors (Lipinski definition) is 1. The second-order valence-corrected chi connectivity index (χ2v) is 6.78. The van der Waals surface area contributed by atoms with Gasteiger partial charge in [-0.05, 0) is 51.7 Å². The molecule has 0 radical (unpaired) electrons. The first kappa shape index (κ1) is 14.8. The molecule has 0 bridgehead atoms. The predicted octanol–water partition coefficient (Wildman–Crippen LogP) is 1.31. The van der Waals surface area contributed by atoms with E-state index >= 15 is 0 Å². The SMILES string of the molecule is CN1CCCC(CC(=O)N(C)CC2(CN)CCC2)C1. The Bertz CT molecular complexity index is 309. The minimum Gasteiger partial charge on any atom is -0.345 e. The number of hydrogen-bond acceptors (Lipinski definition) is 3. The zero-order chi connectivity index (χ0) is 13.9. The van der Waals surface area contributed by atoms with Crippen molar-refractivity contribution >= 4 is 5.91 Å². The van der Waals surface area contributed by atoms with Gasteiger partial charge in [0.1, 0.15) is 0 Å². The molecular formula is C15H29N3O. The molecule has 1 heterocycles. The average Bonchev–Trinajstić information content (AvgIpc) is 2.33. The van der Waals surface area contributed by atoms with Crippen molar-refractivity contribution < 1.29 is 4.79 Å². The molecule has 2 aliphatic rings. The first-order valence-electron chi connectivity index (χ1n) is 7.67. The molecule has 1 amide bonds. The molecule has 1 atom stereocenters. The summed E-state index contributed by atoms with van der Waals surface area (Å²) in [7, 11) is 4.10. The molecule has 1 unspecified atom stereocenters. The maximum Gasteiger partial charge on any atom is 0.222 e. The molecule has 2 rings (SSSR count). The average molecular weight is 267 g/mol. The van der Waals surface area contributed by atoms with Crippen molar-refractivity contribution in [2.24, 2.45) is 17.1 Å². The molecular weight excluding hydrogens is 238 g/mol. The van der Waals surface area contributed by atoms with Crippen LogP contribution in [0.1, 0.15) is 38.5 Å². The number of likely N-dealkylation sites (tertiary alicyclic amines) is 1. The summed E-state index contributed by atoms with van der Waals surface area (Å²) in [5.41, 5.74) is 6.10. The lowest BCUT2D eigenvalue weighted by molar-refractivity contribution is -0.133. The summed E-state index contributed by atoms with van der Waals surface area (Å²) in [6, 6.07) is 0. The highest BCUT2D eigenvalue weighted by atomic mass is 16.2. The Kier molecular flexibility index (Phi) is 4.85. The summed E-state index contributed by atoms with van der Waals surface area (Å²) in [5, 5.41) is 0. The molecule has 1 aliphatic heterocycles. The fourth-order valence-electron chi connectivity index (χ4n) is 3.54. The highest BCUT2D eigenvalue weighted by molar-refractivity contribution is 5.76. The van der Waals surface area contributed by atoms with Crippen molar-refractivity contribution in [1.82, 2.24) is 9.80 Å². The monoisotopic (exact) mass is 267 g/mol. The van der Waals surface area contributed by atoms with Gasteiger partial charge < -0.3 is 15.5 Å². The van der Waals surface area contributed by atoms with Gasteiger partial charge in [-0.1, -0.05) is 6.42 Å². The second-order valence-electron chi connectivity index (χ2n) is 6.78. The number of rotatable bonds is 5. The number of carbonyl (C=O) groups excluding carboxylic acids is 1. The fourth-order valence-corrected chi connectivity index (χ4v) is 3.54. The predicted molar refractivity (Wildman–Crippen MR) is 77.8 cm³/mol. The summed E-state index contributed by atoms with van der Waals surface area (Å²) >= 11 is 0. The van der Waals surface area contributed by atoms with E-state index in [0.717, 1.165) is 19.6 Å². The van der Waals surface area contributed by atoms with Crippen LogP contribution in [0.15, 0.2) is 0 Å². The molecule has 4 nitrogen and oxygen atoms in total. The van der Waals surface area contributed by atoms with Gasteiger partial charge in [-0.2, -0.15) is 0 Å². The van der Waals surface area contributed by atoms with Crippen LogP contribution in [0.5, 0.6) is 0 Å². The van der Waals surface area contributed by atoms with Crippen LogP contribution >= 0.6 is 0 Å². The third-order valence-corrected chi connectivity index (χ3v) is 5.03. The summed E-state index contributed by atoms with van der Waals surface area (Å²) in [5.74, 6) is 0.851. The molecule has 2 N–H and O–H groups in total. The van der Waals surface area contributed by atoms with Crippen LogP contribution in [0.4, 0.5) is 0 Å². The lowest BCUT2D eigenvalue weighted by Crippen LogP contribution is -2.48. The highest BCUT2D eigenvalue weighted by Crippen LogP contribution is 2.40. The van der Waals surface area contributed by atoms with E-state index in [1.54, 1.807) is 0 Å². The van der Waals surface area contributed by atoms with Gasteiger partial charge in [-0.15, -0.1) is 0 Å². The zero-order valence-corrected chi connectivity index (χ0v) is 12.5. The van der Waals surface area contributed by atoms with Gasteiger partial charge >= 0.3 is 0 Å². The molecule has 19 heavy (non-hydrogen) atoms. The molecule has 1 aliphatic carbocycles. The fraction of sp³-hybridized carbons (Fsp3) is 0.933. The number of nitrogens with zero attached hydrogens (tertiary/aromatic N) is 2. The van der Waals surface area contributed by atoms with E-state index in [0.29, 0.717) is 18.2 Å². The first-order valence-corrected chi connectivity index (χ1v) is 7.67. The van der Waals surface area contributed by atoms with Crippen LogP contribution in [0.2, 0.25) is 0 Å². The van der Waals surface area contributed by atoms with E-state index in [-0.39, 0.29) is 5.41 Å². The van der Waals surface area contributed by atoms with Crippen LogP contribution in [0, 0.1) is 11.3 Å². The molecule has 4 heteroatoms. The first-order chi connectivity index (χ1) is 9.04. The molecule has 0 aromatic rings. The number of piperidine rings is 1. The Morgan fingerprint density at radius 2 is 2.16 bits per heavy atom. The van der Waals surface area contributed by atoms with Crippen LogP contribution in [-0.2, 0) is 4.79 Å². The normalized spacial score (nSPS) is 26.8. The van der Waals surface area contributed by atoms with Crippen molar-refractivity contribution in [2.75, 3.05) is 40.3 Å². The van der Waals surface area contributed by atoms with Crippen molar-refractivity contribution in [2.45, 2.75) is 38.5 Å². The molecule has 0 aromatic carbocycles. The second kappa shape index (κ2) is 6.23. The quantitative estimate of drug-likeness (QED) is 0.817. The minimum atomic E-state index is 0.230. The lowest BCUT2D eigenvalue weighted by atomic mass is 9.68. The number of nitrogens with two attached hydrogens (primary N) is 1. The van der Waals surface area contributed by atoms with Crippen molar-refractivity contribution in [3.8, 4) is 0 Å². The maximum atomic E-state index is 12.3. The molecule has 2 fully saturated rings. The van der Waals surface area contributed by atoms with Gasteiger partial charge in [0, 0.05) is 32.0 Å². The smallest absolute Gasteiger partial charge is 0.222 e. The topological polar surface area (TPSA) is 49.6 Å². The summed E-state index contributed by atoms with van der Waals surface area (Å²) in [4.78, 5) is 16.6. The number of carbonyl (C=O) groups is 1. The van der Waals surface area contributed by atoms with E-state index in [4.69, 9.17) is 5.73 Å². The Hall–Kier alpha value is -0.610. The molecule has 1 saturated carbocycles. The van der Waals surface area contributed by atoms with Crippen LogP contribution in [0.3, 0.4) is 0 Å². The summed E-state index contributed by atoms with van der Waals surface area (Å²) in [6.07, 6.45) is 6.78. The van der Waals surface area contributed by atoms with Crippen molar-refractivity contribution in [1.29, 1.82) is 0 Å². The van der Waals surface area contributed by atoms with Gasteiger partial charge in [0.05, 0.1) is 0 Å². The van der Waals surface area contributed by atoms with Crippen LogP contribution in [0.25, 0.3) is 0 Å². The molecule has 0 aromatic heterocycles. The summed E-state index contributed by atoms with van der Waals surface area (Å²) in [6.45, 7) is 3.82. The maximum absolute atomic E-state index is 12.3. The van der Waals surface area contributed by atoms with Gasteiger partial charge in [-0.25, -0.2) is 0 Å². The van der Waals surface area contributed by atoms with E-state index in [2.05, 4.69) is 11.9 Å². The Balaban J connectivity index is 1.78. The molecule has 1 saturated heterocycles. The Morgan fingerprint density at radius 1 is 1.42 bits per heavy atom. The molecule has 0 spiro atoms. The van der Waals surface area contributed by atoms with Gasteiger partial charge in [-0.3, -0.25) is 4.79 Å². The number of amides is 1. The Labute approximate surface area is 117 Å². The third kappa shape index (κ3) is 3.69. The van der Waals surface area contributed by atoms with E-state index in [9.17, 15) is 4.79 Å². The Morgan fingerprint density at radius 3 is 2.68 bits per heavy atom. The standard InChI is InChI=1S/C15H29N3O/c1-17-8-3-5-13(10-17)9-14(19)18(2)12-15(11-16)6-4-7-15/h13H,3-12,16H2,1-2H3. The third-order valence-electron chi connectivity index (χ3n) is 5.03.